The predicted molar refractivity (Wildman–Crippen MR) is 62.9 cm³/mol. The van der Waals surface area contributed by atoms with Gasteiger partial charge in [-0.1, -0.05) is 19.9 Å². The Balaban J connectivity index is 2.31. The van der Waals surface area contributed by atoms with Crippen molar-refractivity contribution in [3.8, 4) is 0 Å². The second-order valence-electron chi connectivity index (χ2n) is 4.76. The van der Waals surface area contributed by atoms with Crippen LogP contribution in [-0.4, -0.2) is 18.2 Å². The van der Waals surface area contributed by atoms with E-state index in [1.807, 2.05) is 6.07 Å². The highest BCUT2D eigenvalue weighted by Crippen LogP contribution is 2.31. The van der Waals surface area contributed by atoms with E-state index in [1.54, 1.807) is 6.07 Å². The topological polar surface area (TPSA) is 23.5 Å². The van der Waals surface area contributed by atoms with Crippen molar-refractivity contribution in [2.75, 3.05) is 18.0 Å². The summed E-state index contributed by atoms with van der Waals surface area (Å²) in [5.41, 5.74) is 1.27. The summed E-state index contributed by atoms with van der Waals surface area (Å²) in [5.74, 6) is 0.928. The van der Waals surface area contributed by atoms with Gasteiger partial charge in [-0.3, -0.25) is 0 Å². The molecule has 0 amide bonds. The number of aliphatic hydroxyl groups is 1. The Morgan fingerprint density at radius 1 is 1.31 bits per heavy atom. The molecule has 16 heavy (non-hydrogen) atoms. The molecule has 1 saturated heterocycles. The van der Waals surface area contributed by atoms with E-state index in [0.29, 0.717) is 17.4 Å². The molecule has 0 aromatic heterocycles. The van der Waals surface area contributed by atoms with Crippen molar-refractivity contribution in [2.24, 2.45) is 11.8 Å². The van der Waals surface area contributed by atoms with E-state index in [1.165, 1.54) is 6.07 Å². The fourth-order valence-electron chi connectivity index (χ4n) is 2.33. The van der Waals surface area contributed by atoms with Gasteiger partial charge in [-0.25, -0.2) is 4.39 Å². The first kappa shape index (κ1) is 11.4. The van der Waals surface area contributed by atoms with Gasteiger partial charge < -0.3 is 10.0 Å². The summed E-state index contributed by atoms with van der Waals surface area (Å²) in [6, 6.07) is 4.99. The van der Waals surface area contributed by atoms with Crippen LogP contribution in [0.25, 0.3) is 0 Å². The highest BCUT2D eigenvalue weighted by Gasteiger charge is 2.27. The molecule has 0 aliphatic carbocycles. The molecule has 0 bridgehead atoms. The lowest BCUT2D eigenvalue weighted by Gasteiger charge is -2.21. The molecule has 2 atom stereocenters. The fraction of sp³-hybridized carbons (Fsp3) is 0.538. The normalized spacial score (nSPS) is 25.1. The molecule has 0 spiro atoms. The molecular weight excluding hydrogens is 205 g/mol. The molecule has 0 radical (unpaired) electrons. The van der Waals surface area contributed by atoms with Gasteiger partial charge in [0.1, 0.15) is 5.82 Å². The number of rotatable bonds is 2. The van der Waals surface area contributed by atoms with Crippen molar-refractivity contribution in [3.05, 3.63) is 29.6 Å². The van der Waals surface area contributed by atoms with Crippen molar-refractivity contribution in [3.63, 3.8) is 0 Å². The van der Waals surface area contributed by atoms with Crippen LogP contribution >= 0.6 is 0 Å². The molecule has 88 valence electrons. The van der Waals surface area contributed by atoms with E-state index in [2.05, 4.69) is 18.7 Å². The number of aliphatic hydroxyl groups excluding tert-OH is 1. The zero-order valence-corrected chi connectivity index (χ0v) is 9.78. The van der Waals surface area contributed by atoms with E-state index < -0.39 is 0 Å². The molecule has 3 heteroatoms. The SMILES string of the molecule is CC1CN(c2cccc(F)c2CO)CC1C. The maximum absolute atomic E-state index is 13.5. The van der Waals surface area contributed by atoms with Crippen LogP contribution in [0.3, 0.4) is 0 Å². The quantitative estimate of drug-likeness (QED) is 0.832. The summed E-state index contributed by atoms with van der Waals surface area (Å²) in [6.07, 6.45) is 0. The lowest BCUT2D eigenvalue weighted by molar-refractivity contribution is 0.276. The van der Waals surface area contributed by atoms with Crippen molar-refractivity contribution in [1.82, 2.24) is 0 Å². The Hall–Kier alpha value is -1.09. The van der Waals surface area contributed by atoms with Gasteiger partial charge in [0.05, 0.1) is 6.61 Å². The number of benzene rings is 1. The summed E-state index contributed by atoms with van der Waals surface area (Å²) in [6.45, 7) is 6.07. The second kappa shape index (κ2) is 4.42. The summed E-state index contributed by atoms with van der Waals surface area (Å²) >= 11 is 0. The molecule has 1 aromatic rings. The van der Waals surface area contributed by atoms with Crippen LogP contribution in [0.2, 0.25) is 0 Å². The third-order valence-corrected chi connectivity index (χ3v) is 3.58. The Labute approximate surface area is 95.7 Å². The maximum atomic E-state index is 13.5. The third kappa shape index (κ3) is 1.92. The first-order chi connectivity index (χ1) is 7.63. The molecule has 1 aromatic carbocycles. The molecule has 2 nitrogen and oxygen atoms in total. The molecule has 0 saturated carbocycles. The molecule has 1 aliphatic heterocycles. The van der Waals surface area contributed by atoms with Crippen LogP contribution in [0, 0.1) is 17.7 Å². The second-order valence-corrected chi connectivity index (χ2v) is 4.76. The number of hydrogen-bond acceptors (Lipinski definition) is 2. The third-order valence-electron chi connectivity index (χ3n) is 3.58. The highest BCUT2D eigenvalue weighted by atomic mass is 19.1. The predicted octanol–water partition coefficient (Wildman–Crippen LogP) is 2.41. The lowest BCUT2D eigenvalue weighted by atomic mass is 10.0. The lowest BCUT2D eigenvalue weighted by Crippen LogP contribution is -2.21. The Kier molecular flexibility index (Phi) is 3.15. The average molecular weight is 223 g/mol. The highest BCUT2D eigenvalue weighted by molar-refractivity contribution is 5.54. The Bertz CT molecular complexity index is 370. The Morgan fingerprint density at radius 3 is 2.50 bits per heavy atom. The molecule has 1 aliphatic rings. The van der Waals surface area contributed by atoms with E-state index >= 15 is 0 Å². The summed E-state index contributed by atoms with van der Waals surface area (Å²) in [5, 5.41) is 9.22. The summed E-state index contributed by atoms with van der Waals surface area (Å²) in [4.78, 5) is 2.17. The molecule has 2 rings (SSSR count). The van der Waals surface area contributed by atoms with Gasteiger partial charge in [0, 0.05) is 24.3 Å². The van der Waals surface area contributed by atoms with E-state index in [0.717, 1.165) is 18.8 Å². The molecule has 1 fully saturated rings. The molecular formula is C13H18FNO. The Morgan fingerprint density at radius 2 is 1.94 bits per heavy atom. The van der Waals surface area contributed by atoms with Crippen LogP contribution in [-0.2, 0) is 6.61 Å². The summed E-state index contributed by atoms with van der Waals surface area (Å²) < 4.78 is 13.5. The first-order valence-electron chi connectivity index (χ1n) is 5.76. The smallest absolute Gasteiger partial charge is 0.130 e. The van der Waals surface area contributed by atoms with Gasteiger partial charge in [0.25, 0.3) is 0 Å². The minimum absolute atomic E-state index is 0.235. The minimum Gasteiger partial charge on any atom is -0.391 e. The zero-order chi connectivity index (χ0) is 11.7. The number of anilines is 1. The summed E-state index contributed by atoms with van der Waals surface area (Å²) in [7, 11) is 0. The number of nitrogens with zero attached hydrogens (tertiary/aromatic N) is 1. The van der Waals surface area contributed by atoms with Gasteiger partial charge in [-0.2, -0.15) is 0 Å². The van der Waals surface area contributed by atoms with E-state index in [4.69, 9.17) is 0 Å². The van der Waals surface area contributed by atoms with Crippen molar-refractivity contribution in [2.45, 2.75) is 20.5 Å². The van der Waals surface area contributed by atoms with Crippen LogP contribution in [0.1, 0.15) is 19.4 Å². The van der Waals surface area contributed by atoms with Crippen LogP contribution in [0.5, 0.6) is 0 Å². The maximum Gasteiger partial charge on any atom is 0.130 e. The zero-order valence-electron chi connectivity index (χ0n) is 9.78. The van der Waals surface area contributed by atoms with Crippen LogP contribution < -0.4 is 4.90 Å². The van der Waals surface area contributed by atoms with Gasteiger partial charge in [0.2, 0.25) is 0 Å². The fourth-order valence-corrected chi connectivity index (χ4v) is 2.33. The average Bonchev–Trinajstić information content (AvgIpc) is 2.59. The number of hydrogen-bond donors (Lipinski definition) is 1. The van der Waals surface area contributed by atoms with Gasteiger partial charge in [0.15, 0.2) is 0 Å². The monoisotopic (exact) mass is 223 g/mol. The largest absolute Gasteiger partial charge is 0.391 e. The van der Waals surface area contributed by atoms with Crippen LogP contribution in [0.15, 0.2) is 18.2 Å². The minimum atomic E-state index is -0.313. The first-order valence-corrected chi connectivity index (χ1v) is 5.76. The van der Waals surface area contributed by atoms with Gasteiger partial charge in [-0.15, -0.1) is 0 Å². The van der Waals surface area contributed by atoms with E-state index in [9.17, 15) is 9.50 Å². The molecule has 1 heterocycles. The standard InChI is InChI=1S/C13H18FNO/c1-9-6-15(7-10(9)2)13-5-3-4-12(14)11(13)8-16/h3-5,9-10,16H,6-8H2,1-2H3. The van der Waals surface area contributed by atoms with E-state index in [-0.39, 0.29) is 12.4 Å². The van der Waals surface area contributed by atoms with Crippen LogP contribution in [0.4, 0.5) is 10.1 Å². The van der Waals surface area contributed by atoms with Crippen molar-refractivity contribution < 1.29 is 9.50 Å². The molecule has 2 unspecified atom stereocenters. The van der Waals surface area contributed by atoms with Gasteiger partial charge >= 0.3 is 0 Å². The number of halogens is 1. The van der Waals surface area contributed by atoms with Gasteiger partial charge in [-0.05, 0) is 24.0 Å². The van der Waals surface area contributed by atoms with Crippen molar-refractivity contribution >= 4 is 5.69 Å². The molecule has 1 N–H and O–H groups in total. The van der Waals surface area contributed by atoms with Crippen molar-refractivity contribution in [1.29, 1.82) is 0 Å².